The molecule has 2 aliphatic rings. The highest BCUT2D eigenvalue weighted by molar-refractivity contribution is 14.0. The van der Waals surface area contributed by atoms with Crippen molar-refractivity contribution in [3.63, 3.8) is 0 Å². The monoisotopic (exact) mass is 515 g/mol. The van der Waals surface area contributed by atoms with Gasteiger partial charge in [-0.25, -0.2) is 0 Å². The van der Waals surface area contributed by atoms with Crippen LogP contribution in [0.15, 0.2) is 29.3 Å². The van der Waals surface area contributed by atoms with Crippen LogP contribution in [0.25, 0.3) is 0 Å². The third kappa shape index (κ3) is 7.11. The molecule has 3 rings (SSSR count). The lowest BCUT2D eigenvalue weighted by atomic mass is 10.1. The van der Waals surface area contributed by atoms with Crippen LogP contribution in [0.5, 0.6) is 0 Å². The van der Waals surface area contributed by atoms with Crippen LogP contribution in [-0.4, -0.2) is 74.1 Å². The van der Waals surface area contributed by atoms with Gasteiger partial charge in [0.1, 0.15) is 0 Å². The van der Waals surface area contributed by atoms with E-state index >= 15 is 0 Å². The number of rotatable bonds is 6. The van der Waals surface area contributed by atoms with Crippen molar-refractivity contribution < 1.29 is 9.53 Å². The number of amides is 1. The van der Waals surface area contributed by atoms with Gasteiger partial charge in [0.05, 0.1) is 13.2 Å². The summed E-state index contributed by atoms with van der Waals surface area (Å²) in [6.45, 7) is 8.77. The number of aliphatic imine (C=N–C) groups is 1. The van der Waals surface area contributed by atoms with E-state index in [0.29, 0.717) is 6.42 Å². The van der Waals surface area contributed by atoms with Gasteiger partial charge in [0, 0.05) is 58.8 Å². The molecule has 29 heavy (non-hydrogen) atoms. The Hall–Kier alpha value is -1.39. The summed E-state index contributed by atoms with van der Waals surface area (Å²) in [6.07, 6.45) is 1.53. The van der Waals surface area contributed by atoms with Gasteiger partial charge in [-0.15, -0.1) is 24.0 Å². The van der Waals surface area contributed by atoms with Crippen molar-refractivity contribution in [1.82, 2.24) is 20.4 Å². The summed E-state index contributed by atoms with van der Waals surface area (Å²) in [5.41, 5.74) is 2.62. The van der Waals surface area contributed by atoms with Gasteiger partial charge < -0.3 is 20.3 Å². The number of morpholine rings is 1. The molecule has 1 amide bonds. The Morgan fingerprint density at radius 1 is 1.21 bits per heavy atom. The van der Waals surface area contributed by atoms with Gasteiger partial charge in [-0.1, -0.05) is 31.2 Å². The van der Waals surface area contributed by atoms with E-state index in [2.05, 4.69) is 44.8 Å². The Morgan fingerprint density at radius 3 is 2.62 bits per heavy atom. The molecule has 2 fully saturated rings. The maximum atomic E-state index is 11.9. The first-order valence-electron chi connectivity index (χ1n) is 10.3. The predicted octanol–water partition coefficient (Wildman–Crippen LogP) is 1.81. The third-order valence-corrected chi connectivity index (χ3v) is 5.47. The maximum Gasteiger partial charge on any atom is 0.222 e. The minimum absolute atomic E-state index is 0. The quantitative estimate of drug-likeness (QED) is 0.344. The summed E-state index contributed by atoms with van der Waals surface area (Å²) >= 11 is 0. The van der Waals surface area contributed by atoms with Crippen molar-refractivity contribution in [2.24, 2.45) is 4.99 Å². The molecule has 1 unspecified atom stereocenters. The first-order chi connectivity index (χ1) is 13.7. The molecule has 8 heteroatoms. The Balaban J connectivity index is 0.00000300. The lowest BCUT2D eigenvalue weighted by Gasteiger charge is -2.27. The minimum atomic E-state index is 0. The zero-order valence-corrected chi connectivity index (χ0v) is 19.9. The molecule has 1 atom stereocenters. The molecule has 0 aromatic heterocycles. The Bertz CT molecular complexity index is 679. The Morgan fingerprint density at radius 2 is 1.93 bits per heavy atom. The van der Waals surface area contributed by atoms with Crippen LogP contribution < -0.4 is 10.6 Å². The molecule has 2 heterocycles. The summed E-state index contributed by atoms with van der Waals surface area (Å²) in [4.78, 5) is 20.6. The minimum Gasteiger partial charge on any atom is -0.379 e. The van der Waals surface area contributed by atoms with E-state index in [1.54, 1.807) is 7.05 Å². The Labute approximate surface area is 191 Å². The molecule has 2 saturated heterocycles. The van der Waals surface area contributed by atoms with Gasteiger partial charge in [0.2, 0.25) is 5.91 Å². The highest BCUT2D eigenvalue weighted by atomic mass is 127. The van der Waals surface area contributed by atoms with Crippen molar-refractivity contribution in [2.75, 3.05) is 46.4 Å². The number of carbonyl (C=O) groups is 1. The van der Waals surface area contributed by atoms with Gasteiger partial charge in [0.25, 0.3) is 0 Å². The fourth-order valence-corrected chi connectivity index (χ4v) is 3.78. The van der Waals surface area contributed by atoms with Crippen LogP contribution in [0.2, 0.25) is 0 Å². The van der Waals surface area contributed by atoms with Gasteiger partial charge in [-0.05, 0) is 17.5 Å². The predicted molar refractivity (Wildman–Crippen MR) is 127 cm³/mol. The van der Waals surface area contributed by atoms with Gasteiger partial charge in [0.15, 0.2) is 5.96 Å². The number of carbonyl (C=O) groups excluding carboxylic acids is 1. The number of hydrogen-bond acceptors (Lipinski definition) is 4. The summed E-state index contributed by atoms with van der Waals surface area (Å²) in [6, 6.07) is 8.82. The van der Waals surface area contributed by atoms with Crippen LogP contribution in [0.4, 0.5) is 0 Å². The number of hydrogen-bond donors (Lipinski definition) is 2. The molecule has 0 radical (unpaired) electrons. The average Bonchev–Trinajstić information content (AvgIpc) is 3.21. The lowest BCUT2D eigenvalue weighted by molar-refractivity contribution is -0.129. The van der Waals surface area contributed by atoms with Crippen molar-refractivity contribution in [3.8, 4) is 0 Å². The number of halogens is 1. The van der Waals surface area contributed by atoms with Crippen molar-refractivity contribution in [2.45, 2.75) is 38.9 Å². The van der Waals surface area contributed by atoms with E-state index in [1.807, 2.05) is 11.8 Å². The van der Waals surface area contributed by atoms with Gasteiger partial charge in [-0.2, -0.15) is 0 Å². The molecular weight excluding hydrogens is 481 g/mol. The second-order valence-electron chi connectivity index (χ2n) is 7.41. The molecule has 0 saturated carbocycles. The Kier molecular flexibility index (Phi) is 10.2. The van der Waals surface area contributed by atoms with E-state index in [4.69, 9.17) is 4.74 Å². The first kappa shape index (κ1) is 23.9. The zero-order chi connectivity index (χ0) is 19.8. The van der Waals surface area contributed by atoms with Gasteiger partial charge in [-0.3, -0.25) is 14.7 Å². The van der Waals surface area contributed by atoms with E-state index in [0.717, 1.165) is 64.9 Å². The van der Waals surface area contributed by atoms with Crippen molar-refractivity contribution in [1.29, 1.82) is 0 Å². The molecule has 0 bridgehead atoms. The largest absolute Gasteiger partial charge is 0.379 e. The molecule has 0 aliphatic carbocycles. The number of nitrogens with zero attached hydrogens (tertiary/aromatic N) is 3. The van der Waals surface area contributed by atoms with E-state index in [9.17, 15) is 4.79 Å². The molecule has 0 spiro atoms. The average molecular weight is 515 g/mol. The molecule has 162 valence electrons. The number of guanidine groups is 1. The second kappa shape index (κ2) is 12.3. The van der Waals surface area contributed by atoms with Crippen molar-refractivity contribution in [3.05, 3.63) is 35.4 Å². The summed E-state index contributed by atoms with van der Waals surface area (Å²) in [5.74, 6) is 1.02. The summed E-state index contributed by atoms with van der Waals surface area (Å²) in [7, 11) is 1.79. The molecule has 2 aliphatic heterocycles. The third-order valence-electron chi connectivity index (χ3n) is 5.47. The number of likely N-dealkylation sites (tertiary alicyclic amines) is 1. The zero-order valence-electron chi connectivity index (χ0n) is 17.5. The standard InChI is InChI=1S/C21H33N5O2.HI/c1-3-20(27)26-9-8-19(16-26)24-21(22-2)23-14-17-6-4-5-7-18(17)15-25-10-12-28-13-11-25;/h4-7,19H,3,8-16H2,1-2H3,(H2,22,23,24);1H. The normalized spacial score (nSPS) is 20.3. The summed E-state index contributed by atoms with van der Waals surface area (Å²) < 4.78 is 5.45. The first-order valence-corrected chi connectivity index (χ1v) is 10.3. The van der Waals surface area contributed by atoms with Crippen LogP contribution in [0.3, 0.4) is 0 Å². The molecule has 1 aromatic rings. The van der Waals surface area contributed by atoms with E-state index < -0.39 is 0 Å². The van der Waals surface area contributed by atoms with E-state index in [1.165, 1.54) is 11.1 Å². The number of ether oxygens (including phenoxy) is 1. The van der Waals surface area contributed by atoms with Gasteiger partial charge >= 0.3 is 0 Å². The van der Waals surface area contributed by atoms with Crippen LogP contribution in [0, 0.1) is 0 Å². The fraction of sp³-hybridized carbons (Fsp3) is 0.619. The highest BCUT2D eigenvalue weighted by Crippen LogP contribution is 2.13. The topological polar surface area (TPSA) is 69.2 Å². The molecule has 7 nitrogen and oxygen atoms in total. The number of benzene rings is 1. The molecule has 1 aromatic carbocycles. The smallest absolute Gasteiger partial charge is 0.222 e. The SMILES string of the molecule is CCC(=O)N1CCC(NC(=NC)NCc2ccccc2CN2CCOCC2)C1.I. The molecular formula is C21H34IN5O2. The maximum absolute atomic E-state index is 11.9. The van der Waals surface area contributed by atoms with Crippen LogP contribution in [-0.2, 0) is 22.6 Å². The van der Waals surface area contributed by atoms with E-state index in [-0.39, 0.29) is 35.9 Å². The van der Waals surface area contributed by atoms with Crippen LogP contribution >= 0.6 is 24.0 Å². The molecule has 2 N–H and O–H groups in total. The fourth-order valence-electron chi connectivity index (χ4n) is 3.78. The van der Waals surface area contributed by atoms with Crippen LogP contribution in [0.1, 0.15) is 30.9 Å². The highest BCUT2D eigenvalue weighted by Gasteiger charge is 2.25. The summed E-state index contributed by atoms with van der Waals surface area (Å²) in [5, 5.41) is 6.90. The number of nitrogens with one attached hydrogen (secondary N) is 2. The van der Waals surface area contributed by atoms with Crippen molar-refractivity contribution >= 4 is 35.8 Å². The second-order valence-corrected chi connectivity index (χ2v) is 7.41. The lowest BCUT2D eigenvalue weighted by Crippen LogP contribution is -2.44.